The van der Waals surface area contributed by atoms with Gasteiger partial charge in [0.1, 0.15) is 5.82 Å². The Bertz CT molecular complexity index is 569. The first-order chi connectivity index (χ1) is 9.60. The summed E-state index contributed by atoms with van der Waals surface area (Å²) in [6.45, 7) is 1.56. The number of hydrogen-bond donors (Lipinski definition) is 1. The average molecular weight is 337 g/mol. The number of benzene rings is 2. The highest BCUT2D eigenvalue weighted by Crippen LogP contribution is 2.25. The van der Waals surface area contributed by atoms with E-state index in [0.29, 0.717) is 0 Å². The minimum Gasteiger partial charge on any atom is -0.370 e. The molecule has 0 atom stereocenters. The summed E-state index contributed by atoms with van der Waals surface area (Å²) in [5.74, 6) is -0.199. The van der Waals surface area contributed by atoms with Crippen molar-refractivity contribution in [2.24, 2.45) is 0 Å². The molecule has 0 saturated heterocycles. The molecule has 106 valence electrons. The van der Waals surface area contributed by atoms with Crippen molar-refractivity contribution in [1.82, 2.24) is 5.32 Å². The van der Waals surface area contributed by atoms with Crippen molar-refractivity contribution in [3.05, 3.63) is 63.9 Å². The second kappa shape index (κ2) is 6.86. The summed E-state index contributed by atoms with van der Waals surface area (Å²) >= 11 is 3.51. The van der Waals surface area contributed by atoms with Gasteiger partial charge in [-0.1, -0.05) is 34.1 Å². The zero-order valence-electron chi connectivity index (χ0n) is 11.7. The highest BCUT2D eigenvalue weighted by Gasteiger charge is 2.08. The van der Waals surface area contributed by atoms with Gasteiger partial charge in [0, 0.05) is 30.3 Å². The number of anilines is 1. The predicted molar refractivity (Wildman–Crippen MR) is 85.4 cm³/mol. The SMILES string of the molecule is CNCc1ccc(Br)cc1N(C)Cc1ccc(F)cc1. The number of rotatable bonds is 5. The van der Waals surface area contributed by atoms with Gasteiger partial charge in [0.2, 0.25) is 0 Å². The Hall–Kier alpha value is -1.39. The van der Waals surface area contributed by atoms with E-state index in [4.69, 9.17) is 0 Å². The monoisotopic (exact) mass is 336 g/mol. The van der Waals surface area contributed by atoms with Crippen LogP contribution in [0.25, 0.3) is 0 Å². The smallest absolute Gasteiger partial charge is 0.123 e. The lowest BCUT2D eigenvalue weighted by molar-refractivity contribution is 0.627. The van der Waals surface area contributed by atoms with Crippen LogP contribution < -0.4 is 10.2 Å². The van der Waals surface area contributed by atoms with Crippen molar-refractivity contribution in [1.29, 1.82) is 0 Å². The Kier molecular flexibility index (Phi) is 5.15. The van der Waals surface area contributed by atoms with Gasteiger partial charge in [-0.3, -0.25) is 0 Å². The molecule has 0 saturated carbocycles. The molecule has 0 spiro atoms. The second-order valence-electron chi connectivity index (χ2n) is 4.79. The molecule has 0 unspecified atom stereocenters. The van der Waals surface area contributed by atoms with Crippen LogP contribution in [-0.2, 0) is 13.1 Å². The molecule has 0 aliphatic rings. The third kappa shape index (κ3) is 3.81. The van der Waals surface area contributed by atoms with E-state index in [1.165, 1.54) is 17.7 Å². The summed E-state index contributed by atoms with van der Waals surface area (Å²) in [4.78, 5) is 2.17. The summed E-state index contributed by atoms with van der Waals surface area (Å²) in [7, 11) is 3.98. The molecule has 0 aromatic heterocycles. The van der Waals surface area contributed by atoms with Crippen LogP contribution in [0.15, 0.2) is 46.9 Å². The fourth-order valence-corrected chi connectivity index (χ4v) is 2.53. The zero-order chi connectivity index (χ0) is 14.5. The maximum atomic E-state index is 12.9. The van der Waals surface area contributed by atoms with Crippen LogP contribution in [0, 0.1) is 5.82 Å². The van der Waals surface area contributed by atoms with Gasteiger partial charge in [-0.05, 0) is 42.4 Å². The lowest BCUT2D eigenvalue weighted by Crippen LogP contribution is -2.19. The van der Waals surface area contributed by atoms with E-state index < -0.39 is 0 Å². The van der Waals surface area contributed by atoms with Gasteiger partial charge < -0.3 is 10.2 Å². The van der Waals surface area contributed by atoms with E-state index in [1.54, 1.807) is 0 Å². The maximum Gasteiger partial charge on any atom is 0.123 e. The van der Waals surface area contributed by atoms with Crippen LogP contribution in [0.4, 0.5) is 10.1 Å². The summed E-state index contributed by atoms with van der Waals surface area (Å²) in [6.07, 6.45) is 0. The van der Waals surface area contributed by atoms with Crippen LogP contribution in [-0.4, -0.2) is 14.1 Å². The van der Waals surface area contributed by atoms with Crippen molar-refractivity contribution in [3.8, 4) is 0 Å². The zero-order valence-corrected chi connectivity index (χ0v) is 13.2. The van der Waals surface area contributed by atoms with Crippen molar-refractivity contribution in [3.63, 3.8) is 0 Å². The summed E-state index contributed by atoms with van der Waals surface area (Å²) < 4.78 is 14.0. The van der Waals surface area contributed by atoms with Crippen molar-refractivity contribution < 1.29 is 4.39 Å². The van der Waals surface area contributed by atoms with Gasteiger partial charge >= 0.3 is 0 Å². The minimum atomic E-state index is -0.199. The molecule has 0 amide bonds. The Balaban J connectivity index is 2.21. The molecule has 2 rings (SSSR count). The van der Waals surface area contributed by atoms with Crippen molar-refractivity contribution in [2.75, 3.05) is 19.0 Å². The van der Waals surface area contributed by atoms with Crippen LogP contribution in [0.2, 0.25) is 0 Å². The van der Waals surface area contributed by atoms with Gasteiger partial charge in [-0.2, -0.15) is 0 Å². The van der Waals surface area contributed by atoms with Gasteiger partial charge in [0.15, 0.2) is 0 Å². The van der Waals surface area contributed by atoms with Crippen LogP contribution in [0.5, 0.6) is 0 Å². The first kappa shape index (κ1) is 15.0. The molecule has 2 nitrogen and oxygen atoms in total. The number of hydrogen-bond acceptors (Lipinski definition) is 2. The van der Waals surface area contributed by atoms with Gasteiger partial charge in [0.25, 0.3) is 0 Å². The maximum absolute atomic E-state index is 12.9. The van der Waals surface area contributed by atoms with E-state index in [9.17, 15) is 4.39 Å². The molecule has 0 aliphatic carbocycles. The highest BCUT2D eigenvalue weighted by atomic mass is 79.9. The van der Waals surface area contributed by atoms with Crippen molar-refractivity contribution in [2.45, 2.75) is 13.1 Å². The lowest BCUT2D eigenvalue weighted by atomic mass is 10.1. The van der Waals surface area contributed by atoms with E-state index >= 15 is 0 Å². The molecular weight excluding hydrogens is 319 g/mol. The van der Waals surface area contributed by atoms with E-state index in [0.717, 1.165) is 28.8 Å². The number of nitrogens with one attached hydrogen (secondary N) is 1. The van der Waals surface area contributed by atoms with Crippen molar-refractivity contribution >= 4 is 21.6 Å². The van der Waals surface area contributed by atoms with E-state index in [1.807, 2.05) is 32.3 Å². The Morgan fingerprint density at radius 1 is 1.15 bits per heavy atom. The Morgan fingerprint density at radius 2 is 1.85 bits per heavy atom. The number of nitrogens with zero attached hydrogens (tertiary/aromatic N) is 1. The molecule has 1 N–H and O–H groups in total. The molecule has 2 aromatic rings. The van der Waals surface area contributed by atoms with Gasteiger partial charge in [0.05, 0.1) is 0 Å². The molecule has 0 fully saturated rings. The summed E-state index contributed by atoms with van der Waals surface area (Å²) in [5, 5.41) is 3.18. The first-order valence-electron chi connectivity index (χ1n) is 6.49. The third-order valence-electron chi connectivity index (χ3n) is 3.16. The normalized spacial score (nSPS) is 10.6. The van der Waals surface area contributed by atoms with Crippen LogP contribution >= 0.6 is 15.9 Å². The van der Waals surface area contributed by atoms with Crippen LogP contribution in [0.1, 0.15) is 11.1 Å². The predicted octanol–water partition coefficient (Wildman–Crippen LogP) is 3.94. The summed E-state index contributed by atoms with van der Waals surface area (Å²) in [5.41, 5.74) is 3.49. The topological polar surface area (TPSA) is 15.3 Å². The number of halogens is 2. The molecule has 0 radical (unpaired) electrons. The lowest BCUT2D eigenvalue weighted by Gasteiger charge is -2.23. The molecule has 0 bridgehead atoms. The quantitative estimate of drug-likeness (QED) is 0.889. The second-order valence-corrected chi connectivity index (χ2v) is 5.70. The fourth-order valence-electron chi connectivity index (χ4n) is 2.18. The minimum absolute atomic E-state index is 0.199. The van der Waals surface area contributed by atoms with E-state index in [-0.39, 0.29) is 5.82 Å². The van der Waals surface area contributed by atoms with Gasteiger partial charge in [-0.25, -0.2) is 4.39 Å². The third-order valence-corrected chi connectivity index (χ3v) is 3.65. The molecular formula is C16H18BrFN2. The molecule has 2 aromatic carbocycles. The van der Waals surface area contributed by atoms with Gasteiger partial charge in [-0.15, -0.1) is 0 Å². The molecule has 20 heavy (non-hydrogen) atoms. The van der Waals surface area contributed by atoms with Crippen LogP contribution in [0.3, 0.4) is 0 Å². The Labute approximate surface area is 127 Å². The average Bonchev–Trinajstić information content (AvgIpc) is 2.43. The highest BCUT2D eigenvalue weighted by molar-refractivity contribution is 9.10. The molecule has 0 heterocycles. The first-order valence-corrected chi connectivity index (χ1v) is 7.28. The molecule has 0 aliphatic heterocycles. The fraction of sp³-hybridized carbons (Fsp3) is 0.250. The Morgan fingerprint density at radius 3 is 2.50 bits per heavy atom. The largest absolute Gasteiger partial charge is 0.370 e. The standard InChI is InChI=1S/C16H18BrFN2/c1-19-10-13-5-6-14(17)9-16(13)20(2)11-12-3-7-15(18)8-4-12/h3-9,19H,10-11H2,1-2H3. The summed E-state index contributed by atoms with van der Waals surface area (Å²) in [6, 6.07) is 12.9. The molecule has 4 heteroatoms. The van der Waals surface area contributed by atoms with E-state index in [2.05, 4.69) is 38.3 Å².